The fourth-order valence-corrected chi connectivity index (χ4v) is 2.42. The molecule has 2 rings (SSSR count). The zero-order valence-electron chi connectivity index (χ0n) is 11.3. The standard InChI is InChI=1S/C14H17FN2O3/c1-20-14(19)12-4-2-3-7-17(12)13(18)10-8-9(15)5-6-11(10)16/h5-6,8,12H,2-4,7,16H2,1H3. The van der Waals surface area contributed by atoms with Gasteiger partial charge in [-0.3, -0.25) is 4.79 Å². The second kappa shape index (κ2) is 5.90. The third kappa shape index (κ3) is 2.74. The second-order valence-electron chi connectivity index (χ2n) is 4.76. The summed E-state index contributed by atoms with van der Waals surface area (Å²) >= 11 is 0. The summed E-state index contributed by atoms with van der Waals surface area (Å²) in [5, 5.41) is 0. The second-order valence-corrected chi connectivity index (χ2v) is 4.76. The lowest BCUT2D eigenvalue weighted by Gasteiger charge is -2.34. The summed E-state index contributed by atoms with van der Waals surface area (Å²) in [4.78, 5) is 25.6. The lowest BCUT2D eigenvalue weighted by atomic mass is 10.0. The van der Waals surface area contributed by atoms with E-state index in [-0.39, 0.29) is 11.3 Å². The van der Waals surface area contributed by atoms with Crippen LogP contribution in [0.15, 0.2) is 18.2 Å². The Morgan fingerprint density at radius 2 is 2.15 bits per heavy atom. The number of likely N-dealkylation sites (tertiary alicyclic amines) is 1. The molecule has 0 aromatic heterocycles. The van der Waals surface area contributed by atoms with Gasteiger partial charge in [-0.2, -0.15) is 0 Å². The van der Waals surface area contributed by atoms with E-state index in [4.69, 9.17) is 10.5 Å². The molecule has 20 heavy (non-hydrogen) atoms. The highest BCUT2D eigenvalue weighted by Gasteiger charge is 2.34. The Labute approximate surface area is 116 Å². The van der Waals surface area contributed by atoms with E-state index in [0.717, 1.165) is 18.9 Å². The van der Waals surface area contributed by atoms with Crippen molar-refractivity contribution in [3.8, 4) is 0 Å². The van der Waals surface area contributed by atoms with Crippen molar-refractivity contribution < 1.29 is 18.7 Å². The number of methoxy groups -OCH3 is 1. The van der Waals surface area contributed by atoms with Crippen LogP contribution in [-0.2, 0) is 9.53 Å². The maximum Gasteiger partial charge on any atom is 0.328 e. The number of hydrogen-bond acceptors (Lipinski definition) is 4. The third-order valence-corrected chi connectivity index (χ3v) is 3.48. The van der Waals surface area contributed by atoms with Crippen LogP contribution in [0.1, 0.15) is 29.6 Å². The summed E-state index contributed by atoms with van der Waals surface area (Å²) in [6.45, 7) is 0.439. The minimum Gasteiger partial charge on any atom is -0.467 e. The molecule has 1 atom stereocenters. The number of hydrogen-bond donors (Lipinski definition) is 1. The predicted molar refractivity (Wildman–Crippen MR) is 71.5 cm³/mol. The van der Waals surface area contributed by atoms with Gasteiger partial charge in [0, 0.05) is 12.2 Å². The molecule has 1 aliphatic rings. The maximum absolute atomic E-state index is 13.3. The molecule has 0 saturated carbocycles. The van der Waals surface area contributed by atoms with Crippen molar-refractivity contribution >= 4 is 17.6 Å². The van der Waals surface area contributed by atoms with Crippen LogP contribution in [0, 0.1) is 5.82 Å². The van der Waals surface area contributed by atoms with Gasteiger partial charge in [-0.15, -0.1) is 0 Å². The summed E-state index contributed by atoms with van der Waals surface area (Å²) in [6, 6.07) is 3.02. The van der Waals surface area contributed by atoms with Crippen LogP contribution in [0.25, 0.3) is 0 Å². The number of amides is 1. The van der Waals surface area contributed by atoms with Crippen LogP contribution in [-0.4, -0.2) is 36.5 Å². The van der Waals surface area contributed by atoms with Crippen molar-refractivity contribution in [3.05, 3.63) is 29.6 Å². The molecule has 5 nitrogen and oxygen atoms in total. The Balaban J connectivity index is 2.30. The molecule has 0 spiro atoms. The number of anilines is 1. The Bertz CT molecular complexity index is 533. The number of nitrogens with zero attached hydrogens (tertiary/aromatic N) is 1. The molecular weight excluding hydrogens is 263 g/mol. The average molecular weight is 280 g/mol. The molecule has 108 valence electrons. The van der Waals surface area contributed by atoms with Crippen molar-refractivity contribution in [1.82, 2.24) is 4.90 Å². The summed E-state index contributed by atoms with van der Waals surface area (Å²) in [7, 11) is 1.29. The molecule has 1 aromatic carbocycles. The Hall–Kier alpha value is -2.11. The number of esters is 1. The van der Waals surface area contributed by atoms with Crippen molar-refractivity contribution in [3.63, 3.8) is 0 Å². The highest BCUT2D eigenvalue weighted by molar-refractivity contribution is 6.01. The van der Waals surface area contributed by atoms with E-state index in [0.29, 0.717) is 13.0 Å². The zero-order valence-corrected chi connectivity index (χ0v) is 11.3. The molecule has 1 unspecified atom stereocenters. The first kappa shape index (κ1) is 14.3. The van der Waals surface area contributed by atoms with E-state index in [2.05, 4.69) is 0 Å². The van der Waals surface area contributed by atoms with Gasteiger partial charge >= 0.3 is 5.97 Å². The lowest BCUT2D eigenvalue weighted by molar-refractivity contribution is -0.147. The lowest BCUT2D eigenvalue weighted by Crippen LogP contribution is -2.48. The van der Waals surface area contributed by atoms with E-state index < -0.39 is 23.7 Å². The molecule has 1 aliphatic heterocycles. The first-order chi connectivity index (χ1) is 9.54. The average Bonchev–Trinajstić information content (AvgIpc) is 2.48. The third-order valence-electron chi connectivity index (χ3n) is 3.48. The van der Waals surface area contributed by atoms with Gasteiger partial charge in [-0.05, 0) is 37.5 Å². The van der Waals surface area contributed by atoms with Crippen LogP contribution >= 0.6 is 0 Å². The smallest absolute Gasteiger partial charge is 0.328 e. The van der Waals surface area contributed by atoms with Gasteiger partial charge in [0.05, 0.1) is 12.7 Å². The van der Waals surface area contributed by atoms with Gasteiger partial charge in [0.15, 0.2) is 0 Å². The molecule has 1 amide bonds. The fraction of sp³-hybridized carbons (Fsp3) is 0.429. The minimum absolute atomic E-state index is 0.0841. The number of piperidine rings is 1. The minimum atomic E-state index is -0.621. The van der Waals surface area contributed by atoms with E-state index in [1.165, 1.54) is 24.1 Å². The van der Waals surface area contributed by atoms with Gasteiger partial charge in [-0.1, -0.05) is 0 Å². The monoisotopic (exact) mass is 280 g/mol. The van der Waals surface area contributed by atoms with Crippen LogP contribution in [0.5, 0.6) is 0 Å². The van der Waals surface area contributed by atoms with Gasteiger partial charge in [-0.25, -0.2) is 9.18 Å². The molecule has 0 bridgehead atoms. The first-order valence-electron chi connectivity index (χ1n) is 6.48. The van der Waals surface area contributed by atoms with E-state index >= 15 is 0 Å². The number of carbonyl (C=O) groups excluding carboxylic acids is 2. The first-order valence-corrected chi connectivity index (χ1v) is 6.48. The van der Waals surface area contributed by atoms with Gasteiger partial charge < -0.3 is 15.4 Å². The Kier molecular flexibility index (Phi) is 4.22. The quantitative estimate of drug-likeness (QED) is 0.659. The summed E-state index contributed by atoms with van der Waals surface area (Å²) in [6.07, 6.45) is 2.20. The summed E-state index contributed by atoms with van der Waals surface area (Å²) < 4.78 is 18.0. The molecule has 6 heteroatoms. The van der Waals surface area contributed by atoms with Crippen molar-refractivity contribution in [2.45, 2.75) is 25.3 Å². The molecule has 0 radical (unpaired) electrons. The van der Waals surface area contributed by atoms with E-state index in [1.807, 2.05) is 0 Å². The highest BCUT2D eigenvalue weighted by atomic mass is 19.1. The molecule has 1 aromatic rings. The molecular formula is C14H17FN2O3. The number of halogens is 1. The van der Waals surface area contributed by atoms with Gasteiger partial charge in [0.25, 0.3) is 5.91 Å². The zero-order chi connectivity index (χ0) is 14.7. The maximum atomic E-state index is 13.3. The van der Waals surface area contributed by atoms with Crippen LogP contribution < -0.4 is 5.73 Å². The SMILES string of the molecule is COC(=O)C1CCCCN1C(=O)c1cc(F)ccc1N. The van der Waals surface area contributed by atoms with Crippen molar-refractivity contribution in [1.29, 1.82) is 0 Å². The van der Waals surface area contributed by atoms with Crippen molar-refractivity contribution in [2.75, 3.05) is 19.4 Å². The molecule has 1 saturated heterocycles. The van der Waals surface area contributed by atoms with Gasteiger partial charge in [0.1, 0.15) is 11.9 Å². The number of carbonyl (C=O) groups is 2. The van der Waals surface area contributed by atoms with E-state index in [1.54, 1.807) is 0 Å². The summed E-state index contributed by atoms with van der Waals surface area (Å²) in [5.74, 6) is -1.42. The largest absolute Gasteiger partial charge is 0.467 e. The van der Waals surface area contributed by atoms with E-state index in [9.17, 15) is 14.0 Å². The highest BCUT2D eigenvalue weighted by Crippen LogP contribution is 2.23. The van der Waals surface area contributed by atoms with Crippen LogP contribution in [0.2, 0.25) is 0 Å². The van der Waals surface area contributed by atoms with Crippen molar-refractivity contribution in [2.24, 2.45) is 0 Å². The molecule has 0 aliphatic carbocycles. The molecule has 1 fully saturated rings. The predicted octanol–water partition coefficient (Wildman–Crippen LogP) is 1.58. The Morgan fingerprint density at radius 3 is 2.85 bits per heavy atom. The molecule has 1 heterocycles. The number of rotatable bonds is 2. The normalized spacial score (nSPS) is 18.7. The number of nitrogen functional groups attached to an aromatic ring is 1. The Morgan fingerprint density at radius 1 is 1.40 bits per heavy atom. The number of nitrogens with two attached hydrogens (primary N) is 1. The topological polar surface area (TPSA) is 72.6 Å². The van der Waals surface area contributed by atoms with Crippen LogP contribution in [0.4, 0.5) is 10.1 Å². The molecule has 2 N–H and O–H groups in total. The number of benzene rings is 1. The summed E-state index contributed by atoms with van der Waals surface area (Å²) in [5.41, 5.74) is 6.00. The fourth-order valence-electron chi connectivity index (χ4n) is 2.42. The number of ether oxygens (including phenoxy) is 1. The van der Waals surface area contributed by atoms with Crippen LogP contribution in [0.3, 0.4) is 0 Å². The van der Waals surface area contributed by atoms with Gasteiger partial charge in [0.2, 0.25) is 0 Å².